The standard InChI is InChI=1S/C63H106O6/c1-4-7-10-13-16-19-22-25-28-30-31-33-35-38-41-44-47-50-53-56-62(65)68-59-60(58-67-61(64)55-52-49-46-43-40-37-34-27-24-21-18-15-12-9-6-3)69-63(66)57-54-51-48-45-42-39-36-32-29-26-23-20-17-14-11-8-5-2/h7,9-10,12,15-16,18-19,21,24-25,27-28,34,37,40,60H,4-6,8,11,13-14,17,20,22-23,26,29-33,35-36,38-39,41-59H2,1-3H3/b10-7-,12-9-,18-15-,19-16-,24-21-,28-25-,34-27-,40-37-. The molecule has 0 amide bonds. The molecule has 6 heteroatoms. The van der Waals surface area contributed by atoms with Crippen LogP contribution in [0, 0.1) is 0 Å². The van der Waals surface area contributed by atoms with Gasteiger partial charge in [-0.1, -0.05) is 272 Å². The first-order chi connectivity index (χ1) is 34.0. The summed E-state index contributed by atoms with van der Waals surface area (Å²) >= 11 is 0. The van der Waals surface area contributed by atoms with Crippen LogP contribution in [0.25, 0.3) is 0 Å². The van der Waals surface area contributed by atoms with Crippen LogP contribution in [0.4, 0.5) is 0 Å². The summed E-state index contributed by atoms with van der Waals surface area (Å²) in [6, 6.07) is 0. The Hall–Kier alpha value is -3.67. The maximum absolute atomic E-state index is 12.9. The predicted octanol–water partition coefficient (Wildman–Crippen LogP) is 19.3. The lowest BCUT2D eigenvalue weighted by atomic mass is 10.0. The van der Waals surface area contributed by atoms with Crippen LogP contribution in [0.2, 0.25) is 0 Å². The van der Waals surface area contributed by atoms with Crippen molar-refractivity contribution in [1.29, 1.82) is 0 Å². The quantitative estimate of drug-likeness (QED) is 0.0199. The summed E-state index contributed by atoms with van der Waals surface area (Å²) in [6.45, 7) is 6.37. The van der Waals surface area contributed by atoms with Gasteiger partial charge in [0, 0.05) is 19.3 Å². The van der Waals surface area contributed by atoms with E-state index in [2.05, 4.69) is 69.4 Å². The van der Waals surface area contributed by atoms with Gasteiger partial charge in [0.1, 0.15) is 13.2 Å². The van der Waals surface area contributed by atoms with Gasteiger partial charge in [0.05, 0.1) is 0 Å². The summed E-state index contributed by atoms with van der Waals surface area (Å²) in [5.74, 6) is -0.934. The Morgan fingerprint density at radius 3 is 1.07 bits per heavy atom. The van der Waals surface area contributed by atoms with Crippen molar-refractivity contribution < 1.29 is 28.6 Å². The maximum Gasteiger partial charge on any atom is 0.306 e. The van der Waals surface area contributed by atoms with E-state index in [0.29, 0.717) is 19.3 Å². The van der Waals surface area contributed by atoms with Crippen LogP contribution in [0.5, 0.6) is 0 Å². The molecular formula is C63H106O6. The zero-order chi connectivity index (χ0) is 50.0. The van der Waals surface area contributed by atoms with Crippen molar-refractivity contribution in [2.45, 2.75) is 271 Å². The van der Waals surface area contributed by atoms with Gasteiger partial charge in [-0.15, -0.1) is 0 Å². The number of allylic oxidation sites excluding steroid dienone is 16. The molecule has 394 valence electrons. The molecule has 0 radical (unpaired) electrons. The minimum Gasteiger partial charge on any atom is -0.462 e. The Bertz CT molecular complexity index is 1380. The van der Waals surface area contributed by atoms with E-state index >= 15 is 0 Å². The number of esters is 3. The van der Waals surface area contributed by atoms with Crippen molar-refractivity contribution in [3.63, 3.8) is 0 Å². The molecule has 6 nitrogen and oxygen atoms in total. The smallest absolute Gasteiger partial charge is 0.306 e. The van der Waals surface area contributed by atoms with E-state index in [1.807, 2.05) is 48.6 Å². The Labute approximate surface area is 426 Å². The molecule has 0 aromatic rings. The van der Waals surface area contributed by atoms with Crippen LogP contribution in [0.15, 0.2) is 97.2 Å². The fourth-order valence-electron chi connectivity index (χ4n) is 7.95. The minimum absolute atomic E-state index is 0.0930. The third-order valence-electron chi connectivity index (χ3n) is 12.2. The van der Waals surface area contributed by atoms with E-state index in [1.165, 1.54) is 135 Å². The number of carbonyl (C=O) groups is 3. The first kappa shape index (κ1) is 65.3. The van der Waals surface area contributed by atoms with Crippen LogP contribution in [0.1, 0.15) is 265 Å². The van der Waals surface area contributed by atoms with E-state index in [-0.39, 0.29) is 31.1 Å². The van der Waals surface area contributed by atoms with Crippen molar-refractivity contribution in [1.82, 2.24) is 0 Å². The molecule has 69 heavy (non-hydrogen) atoms. The van der Waals surface area contributed by atoms with Crippen molar-refractivity contribution in [2.24, 2.45) is 0 Å². The summed E-state index contributed by atoms with van der Waals surface area (Å²) < 4.78 is 16.8. The number of carbonyl (C=O) groups excluding carboxylic acids is 3. The lowest BCUT2D eigenvalue weighted by molar-refractivity contribution is -0.167. The van der Waals surface area contributed by atoms with Gasteiger partial charge in [0.2, 0.25) is 0 Å². The highest BCUT2D eigenvalue weighted by Crippen LogP contribution is 2.16. The van der Waals surface area contributed by atoms with Gasteiger partial charge in [0.25, 0.3) is 0 Å². The summed E-state index contributed by atoms with van der Waals surface area (Å²) in [5.41, 5.74) is 0. The largest absolute Gasteiger partial charge is 0.462 e. The zero-order valence-electron chi connectivity index (χ0n) is 45.0. The van der Waals surface area contributed by atoms with Crippen molar-refractivity contribution >= 4 is 17.9 Å². The Morgan fingerprint density at radius 2 is 0.638 bits per heavy atom. The second-order valence-electron chi connectivity index (χ2n) is 18.9. The van der Waals surface area contributed by atoms with Gasteiger partial charge in [-0.25, -0.2) is 0 Å². The predicted molar refractivity (Wildman–Crippen MR) is 297 cm³/mol. The average Bonchev–Trinajstić information content (AvgIpc) is 3.35. The molecule has 1 unspecified atom stereocenters. The second-order valence-corrected chi connectivity index (χ2v) is 18.9. The van der Waals surface area contributed by atoms with Crippen LogP contribution >= 0.6 is 0 Å². The molecule has 0 N–H and O–H groups in total. The van der Waals surface area contributed by atoms with Gasteiger partial charge < -0.3 is 14.2 Å². The molecule has 0 fully saturated rings. The van der Waals surface area contributed by atoms with Gasteiger partial charge in [0.15, 0.2) is 6.10 Å². The zero-order valence-corrected chi connectivity index (χ0v) is 45.0. The Balaban J connectivity index is 4.43. The molecule has 0 rings (SSSR count). The Morgan fingerprint density at radius 1 is 0.319 bits per heavy atom. The number of rotatable bonds is 51. The molecule has 0 aromatic heterocycles. The molecule has 0 spiro atoms. The molecule has 1 atom stereocenters. The molecule has 0 aliphatic heterocycles. The lowest BCUT2D eigenvalue weighted by Gasteiger charge is -2.18. The van der Waals surface area contributed by atoms with E-state index < -0.39 is 6.10 Å². The average molecular weight is 960 g/mol. The first-order valence-corrected chi connectivity index (χ1v) is 28.8. The molecular weight excluding hydrogens is 853 g/mol. The van der Waals surface area contributed by atoms with Crippen LogP contribution < -0.4 is 0 Å². The fraction of sp³-hybridized carbons (Fsp3) is 0.698. The highest BCUT2D eigenvalue weighted by atomic mass is 16.6. The van der Waals surface area contributed by atoms with E-state index in [0.717, 1.165) is 89.9 Å². The summed E-state index contributed by atoms with van der Waals surface area (Å²) in [7, 11) is 0. The molecule has 0 heterocycles. The summed E-state index contributed by atoms with van der Waals surface area (Å²) in [6.07, 6.45) is 75.4. The highest BCUT2D eigenvalue weighted by Gasteiger charge is 2.19. The minimum atomic E-state index is -0.797. The third-order valence-corrected chi connectivity index (χ3v) is 12.2. The molecule has 0 aromatic carbocycles. The van der Waals surface area contributed by atoms with Crippen molar-refractivity contribution in [3.05, 3.63) is 97.2 Å². The topological polar surface area (TPSA) is 78.9 Å². The van der Waals surface area contributed by atoms with Crippen molar-refractivity contribution in [2.75, 3.05) is 13.2 Å². The van der Waals surface area contributed by atoms with Crippen molar-refractivity contribution in [3.8, 4) is 0 Å². The van der Waals surface area contributed by atoms with Gasteiger partial charge in [-0.05, 0) is 70.6 Å². The molecule has 0 saturated carbocycles. The molecule has 0 aliphatic rings. The third kappa shape index (κ3) is 55.1. The second kappa shape index (κ2) is 56.9. The van der Waals surface area contributed by atoms with E-state index in [1.54, 1.807) is 0 Å². The SMILES string of the molecule is CC\C=C/C=C\C=C/C=C\C=C/CCCCCC(=O)OCC(COC(=O)CCCCCCCCCCC/C=C\C/C=C\C/C=C\CC)OC(=O)CCCCCCCCCCCCCCCCCCC. The highest BCUT2D eigenvalue weighted by molar-refractivity contribution is 5.71. The van der Waals surface area contributed by atoms with Gasteiger partial charge in [-0.3, -0.25) is 14.4 Å². The summed E-state index contributed by atoms with van der Waals surface area (Å²) in [5, 5.41) is 0. The number of ether oxygens (including phenoxy) is 3. The number of hydrogen-bond acceptors (Lipinski definition) is 6. The first-order valence-electron chi connectivity index (χ1n) is 28.8. The van der Waals surface area contributed by atoms with Gasteiger partial charge in [-0.2, -0.15) is 0 Å². The maximum atomic E-state index is 12.9. The lowest BCUT2D eigenvalue weighted by Crippen LogP contribution is -2.30. The Kier molecular flexibility index (Phi) is 53.9. The molecule has 0 aliphatic carbocycles. The fourth-order valence-corrected chi connectivity index (χ4v) is 7.95. The number of hydrogen-bond donors (Lipinski definition) is 0. The van der Waals surface area contributed by atoms with Gasteiger partial charge >= 0.3 is 17.9 Å². The number of unbranched alkanes of at least 4 members (excludes halogenated alkanes) is 28. The van der Waals surface area contributed by atoms with Crippen LogP contribution in [0.3, 0.4) is 0 Å². The van der Waals surface area contributed by atoms with Crippen LogP contribution in [-0.2, 0) is 28.6 Å². The monoisotopic (exact) mass is 959 g/mol. The molecule has 0 saturated heterocycles. The molecule has 0 bridgehead atoms. The van der Waals surface area contributed by atoms with E-state index in [9.17, 15) is 14.4 Å². The van der Waals surface area contributed by atoms with Crippen LogP contribution in [-0.4, -0.2) is 37.2 Å². The summed E-state index contributed by atoms with van der Waals surface area (Å²) in [4.78, 5) is 38.2. The normalized spacial score (nSPS) is 12.8. The van der Waals surface area contributed by atoms with E-state index in [4.69, 9.17) is 14.2 Å².